The molecular formula is C20H17FN4O3. The number of rotatable bonds is 5. The van der Waals surface area contributed by atoms with E-state index in [0.717, 1.165) is 11.1 Å². The highest BCUT2D eigenvalue weighted by atomic mass is 19.1. The Bertz CT molecular complexity index is 1030. The van der Waals surface area contributed by atoms with Gasteiger partial charge in [-0.1, -0.05) is 6.07 Å². The zero-order chi connectivity index (χ0) is 20.3. The summed E-state index contributed by atoms with van der Waals surface area (Å²) >= 11 is 0. The van der Waals surface area contributed by atoms with E-state index in [1.807, 2.05) is 6.07 Å². The molecule has 7 nitrogen and oxygen atoms in total. The van der Waals surface area contributed by atoms with Crippen LogP contribution < -0.4 is 10.5 Å². The number of primary amides is 1. The number of carbonyl (C=O) groups excluding carboxylic acids is 2. The Morgan fingerprint density at radius 1 is 1.11 bits per heavy atom. The molecule has 1 aromatic carbocycles. The summed E-state index contributed by atoms with van der Waals surface area (Å²) in [6, 6.07) is 9.69. The molecule has 3 rings (SSSR count). The number of esters is 1. The molecule has 0 saturated carbocycles. The molecule has 0 bridgehead atoms. The van der Waals surface area contributed by atoms with Crippen molar-refractivity contribution in [3.63, 3.8) is 0 Å². The van der Waals surface area contributed by atoms with Gasteiger partial charge < -0.3 is 10.5 Å². The van der Waals surface area contributed by atoms with Gasteiger partial charge in [-0.25, -0.2) is 14.4 Å². The molecule has 142 valence electrons. The highest BCUT2D eigenvalue weighted by Gasteiger charge is 2.19. The zero-order valence-corrected chi connectivity index (χ0v) is 15.3. The Labute approximate surface area is 160 Å². The first-order valence-electron chi connectivity index (χ1n) is 8.40. The minimum Gasteiger partial charge on any atom is -0.422 e. The van der Waals surface area contributed by atoms with Gasteiger partial charge in [0.1, 0.15) is 11.6 Å². The molecule has 0 spiro atoms. The highest BCUT2D eigenvalue weighted by Crippen LogP contribution is 2.22. The van der Waals surface area contributed by atoms with Crippen LogP contribution in [-0.4, -0.2) is 26.8 Å². The third-order valence-electron chi connectivity index (χ3n) is 3.89. The maximum absolute atomic E-state index is 13.0. The summed E-state index contributed by atoms with van der Waals surface area (Å²) in [4.78, 5) is 35.7. The molecule has 1 amide bonds. The lowest BCUT2D eigenvalue weighted by Gasteiger charge is -2.11. The van der Waals surface area contributed by atoms with Gasteiger partial charge in [-0.15, -0.1) is 0 Å². The second-order valence-corrected chi connectivity index (χ2v) is 6.10. The van der Waals surface area contributed by atoms with Gasteiger partial charge in [0.05, 0.1) is 11.4 Å². The van der Waals surface area contributed by atoms with Crippen LogP contribution in [0.1, 0.15) is 34.5 Å². The predicted octanol–water partition coefficient (Wildman–Crippen LogP) is 2.60. The summed E-state index contributed by atoms with van der Waals surface area (Å²) in [5.74, 6) is -1.40. The second-order valence-electron chi connectivity index (χ2n) is 6.10. The van der Waals surface area contributed by atoms with Crippen LogP contribution >= 0.6 is 0 Å². The van der Waals surface area contributed by atoms with Crippen LogP contribution in [0.5, 0.6) is 5.75 Å². The maximum atomic E-state index is 13.0. The lowest BCUT2D eigenvalue weighted by atomic mass is 10.1. The number of aryl methyl sites for hydroxylation is 1. The Morgan fingerprint density at radius 2 is 1.82 bits per heavy atom. The fourth-order valence-electron chi connectivity index (χ4n) is 2.64. The van der Waals surface area contributed by atoms with Crippen molar-refractivity contribution in [2.24, 2.45) is 5.73 Å². The summed E-state index contributed by atoms with van der Waals surface area (Å²) in [5, 5.41) is 0. The minimum atomic E-state index is -0.812. The standard InChI is InChI=1S/C20H17FN4O3/c1-11-19(28-12(2)26)18(20(22)27)25-17(24-11)9-13-3-8-16(23-10-13)14-4-6-15(21)7-5-14/h3-8,10H,9H2,1-2H3,(H2,22,27). The maximum Gasteiger partial charge on any atom is 0.308 e. The van der Waals surface area contributed by atoms with Crippen molar-refractivity contribution >= 4 is 11.9 Å². The quantitative estimate of drug-likeness (QED) is 0.682. The van der Waals surface area contributed by atoms with Gasteiger partial charge >= 0.3 is 5.97 Å². The summed E-state index contributed by atoms with van der Waals surface area (Å²) in [7, 11) is 0. The fourth-order valence-corrected chi connectivity index (χ4v) is 2.64. The van der Waals surface area contributed by atoms with E-state index in [2.05, 4.69) is 15.0 Å². The van der Waals surface area contributed by atoms with Crippen LogP contribution in [0.4, 0.5) is 4.39 Å². The smallest absolute Gasteiger partial charge is 0.308 e. The van der Waals surface area contributed by atoms with Crippen molar-refractivity contribution in [3.8, 4) is 17.0 Å². The number of hydrogen-bond acceptors (Lipinski definition) is 6. The normalized spacial score (nSPS) is 10.5. The van der Waals surface area contributed by atoms with Crippen molar-refractivity contribution in [1.29, 1.82) is 0 Å². The molecular weight excluding hydrogens is 363 g/mol. The number of nitrogens with zero attached hydrogens (tertiary/aromatic N) is 3. The first kappa shape index (κ1) is 19.1. The van der Waals surface area contributed by atoms with E-state index in [1.165, 1.54) is 19.1 Å². The summed E-state index contributed by atoms with van der Waals surface area (Å²) in [5.41, 5.74) is 7.85. The van der Waals surface area contributed by atoms with Crippen molar-refractivity contribution in [2.75, 3.05) is 0 Å². The lowest BCUT2D eigenvalue weighted by molar-refractivity contribution is -0.132. The molecule has 0 unspecified atom stereocenters. The van der Waals surface area contributed by atoms with E-state index in [4.69, 9.17) is 10.5 Å². The average Bonchev–Trinajstić information content (AvgIpc) is 2.64. The summed E-state index contributed by atoms with van der Waals surface area (Å²) < 4.78 is 18.0. The molecule has 0 saturated heterocycles. The van der Waals surface area contributed by atoms with Gasteiger partial charge in [-0.3, -0.25) is 14.6 Å². The van der Waals surface area contributed by atoms with Gasteiger partial charge in [0, 0.05) is 25.1 Å². The number of hydrogen-bond donors (Lipinski definition) is 1. The van der Waals surface area contributed by atoms with Gasteiger partial charge in [0.15, 0.2) is 11.4 Å². The highest BCUT2D eigenvalue weighted by molar-refractivity contribution is 5.94. The van der Waals surface area contributed by atoms with Crippen LogP contribution in [0.25, 0.3) is 11.3 Å². The first-order valence-corrected chi connectivity index (χ1v) is 8.40. The van der Waals surface area contributed by atoms with Crippen molar-refractivity contribution in [3.05, 3.63) is 71.2 Å². The topological polar surface area (TPSA) is 108 Å². The summed E-state index contributed by atoms with van der Waals surface area (Å²) in [6.07, 6.45) is 1.96. The number of ether oxygens (including phenoxy) is 1. The van der Waals surface area contributed by atoms with Crippen LogP contribution in [0.15, 0.2) is 42.6 Å². The Kier molecular flexibility index (Phi) is 5.39. The van der Waals surface area contributed by atoms with Gasteiger partial charge in [0.2, 0.25) is 0 Å². The minimum absolute atomic E-state index is 0.0338. The molecule has 28 heavy (non-hydrogen) atoms. The van der Waals surface area contributed by atoms with Crippen LogP contribution in [-0.2, 0) is 11.2 Å². The van der Waals surface area contributed by atoms with Crippen LogP contribution in [0, 0.1) is 12.7 Å². The van der Waals surface area contributed by atoms with Crippen LogP contribution in [0.2, 0.25) is 0 Å². The summed E-state index contributed by atoms with van der Waals surface area (Å²) in [6.45, 7) is 2.82. The van der Waals surface area contributed by atoms with E-state index < -0.39 is 11.9 Å². The number of benzene rings is 1. The van der Waals surface area contributed by atoms with E-state index in [9.17, 15) is 14.0 Å². The first-order chi connectivity index (χ1) is 13.3. The number of nitrogens with two attached hydrogens (primary N) is 1. The molecule has 2 aromatic heterocycles. The van der Waals surface area contributed by atoms with E-state index in [0.29, 0.717) is 23.6 Å². The Balaban J connectivity index is 1.86. The van der Waals surface area contributed by atoms with Crippen molar-refractivity contribution in [1.82, 2.24) is 15.0 Å². The SMILES string of the molecule is CC(=O)Oc1c(C)nc(Cc2ccc(-c3ccc(F)cc3)nc2)nc1C(N)=O. The van der Waals surface area contributed by atoms with Gasteiger partial charge in [0.25, 0.3) is 5.91 Å². The molecule has 0 radical (unpaired) electrons. The Hall–Kier alpha value is -3.68. The molecule has 2 heterocycles. The second kappa shape index (κ2) is 7.91. The number of aromatic nitrogens is 3. The Morgan fingerprint density at radius 3 is 2.39 bits per heavy atom. The third-order valence-corrected chi connectivity index (χ3v) is 3.89. The molecule has 0 aliphatic heterocycles. The number of amides is 1. The van der Waals surface area contributed by atoms with Gasteiger partial charge in [-0.2, -0.15) is 0 Å². The lowest BCUT2D eigenvalue weighted by Crippen LogP contribution is -2.19. The largest absolute Gasteiger partial charge is 0.422 e. The fraction of sp³-hybridized carbons (Fsp3) is 0.150. The van der Waals surface area contributed by atoms with Crippen molar-refractivity contribution < 1.29 is 18.7 Å². The molecule has 8 heteroatoms. The molecule has 0 atom stereocenters. The zero-order valence-electron chi connectivity index (χ0n) is 15.3. The molecule has 3 aromatic rings. The van der Waals surface area contributed by atoms with Crippen molar-refractivity contribution in [2.45, 2.75) is 20.3 Å². The number of halogens is 1. The molecule has 0 aliphatic carbocycles. The predicted molar refractivity (Wildman–Crippen MR) is 99.0 cm³/mol. The van der Waals surface area contributed by atoms with E-state index >= 15 is 0 Å². The molecule has 0 fully saturated rings. The average molecular weight is 380 g/mol. The number of pyridine rings is 1. The molecule has 0 aliphatic rings. The van der Waals surface area contributed by atoms with Gasteiger partial charge in [-0.05, 0) is 42.8 Å². The number of carbonyl (C=O) groups is 2. The monoisotopic (exact) mass is 380 g/mol. The van der Waals surface area contributed by atoms with Crippen LogP contribution in [0.3, 0.4) is 0 Å². The third kappa shape index (κ3) is 4.35. The molecule has 2 N–H and O–H groups in total. The van der Waals surface area contributed by atoms with E-state index in [1.54, 1.807) is 31.3 Å². The van der Waals surface area contributed by atoms with E-state index in [-0.39, 0.29) is 17.3 Å².